The maximum atomic E-state index is 13.1. The van der Waals surface area contributed by atoms with Crippen molar-refractivity contribution in [2.45, 2.75) is 25.9 Å². The average Bonchev–Trinajstić information content (AvgIpc) is 3.29. The Morgan fingerprint density at radius 2 is 1.88 bits per heavy atom. The molecule has 32 heavy (non-hydrogen) atoms. The molecule has 3 amide bonds. The SMILES string of the molecule is CCOc1ccc(N2C(=O)[C@@H]3N=NN(CC(=O)Nc4cc(C)ccc4OC)[C@H]3C2=O)cc1. The van der Waals surface area contributed by atoms with Crippen molar-refractivity contribution in [1.82, 2.24) is 5.01 Å². The van der Waals surface area contributed by atoms with E-state index in [1.165, 1.54) is 12.1 Å². The van der Waals surface area contributed by atoms with Crippen LogP contribution in [0.1, 0.15) is 12.5 Å². The Morgan fingerprint density at radius 3 is 2.56 bits per heavy atom. The quantitative estimate of drug-likeness (QED) is 0.666. The second kappa shape index (κ2) is 8.66. The molecule has 1 fully saturated rings. The molecule has 0 saturated carbocycles. The number of hydrogen-bond acceptors (Lipinski definition) is 8. The summed E-state index contributed by atoms with van der Waals surface area (Å²) in [6.07, 6.45) is 0. The number of hydrogen-bond donors (Lipinski definition) is 1. The van der Waals surface area contributed by atoms with Crippen molar-refractivity contribution >= 4 is 29.1 Å². The number of nitrogens with one attached hydrogen (secondary N) is 1. The molecule has 0 unspecified atom stereocenters. The van der Waals surface area contributed by atoms with Crippen LogP contribution in [-0.2, 0) is 14.4 Å². The monoisotopic (exact) mass is 437 g/mol. The molecule has 0 aromatic heterocycles. The van der Waals surface area contributed by atoms with Gasteiger partial charge in [0.1, 0.15) is 18.0 Å². The van der Waals surface area contributed by atoms with Gasteiger partial charge in [0, 0.05) is 0 Å². The van der Waals surface area contributed by atoms with E-state index in [9.17, 15) is 14.4 Å². The van der Waals surface area contributed by atoms with Crippen molar-refractivity contribution in [3.8, 4) is 11.5 Å². The fourth-order valence-corrected chi connectivity index (χ4v) is 3.72. The van der Waals surface area contributed by atoms with Gasteiger partial charge in [-0.2, -0.15) is 5.11 Å². The Kier molecular flexibility index (Phi) is 5.76. The van der Waals surface area contributed by atoms with Gasteiger partial charge in [0.15, 0.2) is 12.1 Å². The molecule has 2 aromatic rings. The van der Waals surface area contributed by atoms with E-state index in [0.717, 1.165) is 10.5 Å². The molecule has 0 radical (unpaired) electrons. The predicted octanol–water partition coefficient (Wildman–Crippen LogP) is 2.33. The molecule has 4 rings (SSSR count). The first-order valence-corrected chi connectivity index (χ1v) is 10.2. The van der Waals surface area contributed by atoms with Crippen molar-refractivity contribution in [3.05, 3.63) is 48.0 Å². The minimum atomic E-state index is -0.977. The number of nitrogens with zero attached hydrogens (tertiary/aromatic N) is 4. The molecule has 10 heteroatoms. The van der Waals surface area contributed by atoms with Crippen molar-refractivity contribution in [1.29, 1.82) is 0 Å². The molecule has 0 bridgehead atoms. The summed E-state index contributed by atoms with van der Waals surface area (Å²) in [5.41, 5.74) is 1.88. The van der Waals surface area contributed by atoms with Gasteiger partial charge in [-0.15, -0.1) is 0 Å². The number of methoxy groups -OCH3 is 1. The molecule has 2 heterocycles. The number of carbonyl (C=O) groups excluding carboxylic acids is 3. The summed E-state index contributed by atoms with van der Waals surface area (Å²) < 4.78 is 10.7. The van der Waals surface area contributed by atoms with Crippen LogP contribution < -0.4 is 19.7 Å². The van der Waals surface area contributed by atoms with Gasteiger partial charge < -0.3 is 14.8 Å². The van der Waals surface area contributed by atoms with Crippen molar-refractivity contribution in [2.75, 3.05) is 30.5 Å². The Labute approximate surface area is 184 Å². The minimum Gasteiger partial charge on any atom is -0.495 e. The summed E-state index contributed by atoms with van der Waals surface area (Å²) in [6, 6.07) is 10.1. The summed E-state index contributed by atoms with van der Waals surface area (Å²) in [4.78, 5) is 39.6. The largest absolute Gasteiger partial charge is 0.495 e. The highest BCUT2D eigenvalue weighted by Gasteiger charge is 2.55. The lowest BCUT2D eigenvalue weighted by Gasteiger charge is -2.20. The number of carbonyl (C=O) groups is 3. The van der Waals surface area contributed by atoms with E-state index < -0.39 is 29.8 Å². The molecular formula is C22H23N5O5. The van der Waals surface area contributed by atoms with E-state index >= 15 is 0 Å². The summed E-state index contributed by atoms with van der Waals surface area (Å²) >= 11 is 0. The Morgan fingerprint density at radius 1 is 1.12 bits per heavy atom. The second-order valence-electron chi connectivity index (χ2n) is 7.38. The first-order valence-electron chi connectivity index (χ1n) is 10.2. The van der Waals surface area contributed by atoms with Crippen molar-refractivity contribution < 1.29 is 23.9 Å². The first-order chi connectivity index (χ1) is 15.4. The van der Waals surface area contributed by atoms with Crippen LogP contribution >= 0.6 is 0 Å². The zero-order valence-electron chi connectivity index (χ0n) is 17.9. The minimum absolute atomic E-state index is 0.238. The highest BCUT2D eigenvalue weighted by atomic mass is 16.5. The molecule has 1 N–H and O–H groups in total. The summed E-state index contributed by atoms with van der Waals surface area (Å²) in [5, 5.41) is 11.9. The van der Waals surface area contributed by atoms with Gasteiger partial charge in [-0.25, -0.2) is 4.90 Å². The smallest absolute Gasteiger partial charge is 0.263 e. The van der Waals surface area contributed by atoms with Gasteiger partial charge >= 0.3 is 0 Å². The number of rotatable bonds is 7. The maximum absolute atomic E-state index is 13.1. The zero-order chi connectivity index (χ0) is 22.8. The van der Waals surface area contributed by atoms with Gasteiger partial charge in [0.25, 0.3) is 11.8 Å². The van der Waals surface area contributed by atoms with E-state index in [1.807, 2.05) is 19.9 Å². The molecule has 1 saturated heterocycles. The van der Waals surface area contributed by atoms with Crippen LogP contribution in [0.2, 0.25) is 0 Å². The number of benzene rings is 2. The number of amides is 3. The molecule has 0 aliphatic carbocycles. The summed E-state index contributed by atoms with van der Waals surface area (Å²) in [6.45, 7) is 4.04. The summed E-state index contributed by atoms with van der Waals surface area (Å²) in [5.74, 6) is -0.210. The van der Waals surface area contributed by atoms with Crippen LogP contribution in [0.15, 0.2) is 52.8 Å². The van der Waals surface area contributed by atoms with Gasteiger partial charge in [-0.1, -0.05) is 11.3 Å². The molecule has 166 valence electrons. The standard InChI is InChI=1S/C22H23N5O5/c1-4-32-15-8-6-14(7-9-15)27-21(29)19-20(22(27)30)26(25-24-19)12-18(28)23-16-11-13(2)5-10-17(16)31-3/h5-11,19-20H,4,12H2,1-3H3,(H,23,28)/t19-,20-/m1/s1. The molecule has 2 aliphatic rings. The Hall–Kier alpha value is -3.95. The number of imide groups is 1. The molecule has 2 atom stereocenters. The Balaban J connectivity index is 1.47. The van der Waals surface area contributed by atoms with Gasteiger partial charge in [0.05, 0.1) is 25.1 Å². The van der Waals surface area contributed by atoms with Crippen LogP contribution in [-0.4, -0.2) is 55.1 Å². The van der Waals surface area contributed by atoms with Crippen LogP contribution in [0.25, 0.3) is 0 Å². The Bertz CT molecular complexity index is 1080. The van der Waals surface area contributed by atoms with Crippen molar-refractivity contribution in [2.24, 2.45) is 10.3 Å². The third kappa shape index (κ3) is 3.86. The second-order valence-corrected chi connectivity index (χ2v) is 7.38. The number of anilines is 2. The molecule has 2 aliphatic heterocycles. The predicted molar refractivity (Wildman–Crippen MR) is 116 cm³/mol. The van der Waals surface area contributed by atoms with Gasteiger partial charge in [-0.05, 0) is 55.8 Å². The van der Waals surface area contributed by atoms with E-state index in [1.54, 1.807) is 36.4 Å². The number of ether oxygens (including phenoxy) is 2. The molecule has 0 spiro atoms. The van der Waals surface area contributed by atoms with Crippen LogP contribution in [0.4, 0.5) is 11.4 Å². The first kappa shape index (κ1) is 21.3. The van der Waals surface area contributed by atoms with E-state index in [2.05, 4.69) is 15.7 Å². The average molecular weight is 437 g/mol. The molecular weight excluding hydrogens is 414 g/mol. The van der Waals surface area contributed by atoms with E-state index in [-0.39, 0.29) is 6.54 Å². The highest BCUT2D eigenvalue weighted by molar-refractivity contribution is 6.25. The van der Waals surface area contributed by atoms with Gasteiger partial charge in [-0.3, -0.25) is 19.4 Å². The van der Waals surface area contributed by atoms with E-state index in [4.69, 9.17) is 9.47 Å². The summed E-state index contributed by atoms with van der Waals surface area (Å²) in [7, 11) is 1.51. The lowest BCUT2D eigenvalue weighted by atomic mass is 10.1. The van der Waals surface area contributed by atoms with E-state index in [0.29, 0.717) is 29.5 Å². The normalized spacial score (nSPS) is 19.3. The third-order valence-corrected chi connectivity index (χ3v) is 5.20. The van der Waals surface area contributed by atoms with Crippen LogP contribution in [0, 0.1) is 6.92 Å². The van der Waals surface area contributed by atoms with Crippen molar-refractivity contribution in [3.63, 3.8) is 0 Å². The lowest BCUT2D eigenvalue weighted by Crippen LogP contribution is -2.43. The fraction of sp³-hybridized carbons (Fsp3) is 0.318. The third-order valence-electron chi connectivity index (χ3n) is 5.20. The van der Waals surface area contributed by atoms with Gasteiger partial charge in [0.2, 0.25) is 5.91 Å². The topological polar surface area (TPSA) is 113 Å². The molecule has 10 nitrogen and oxygen atoms in total. The fourth-order valence-electron chi connectivity index (χ4n) is 3.72. The number of fused-ring (bicyclic) bond motifs is 1. The maximum Gasteiger partial charge on any atom is 0.263 e. The number of aryl methyl sites for hydroxylation is 1. The molecule has 2 aromatic carbocycles. The van der Waals surface area contributed by atoms with Crippen LogP contribution in [0.5, 0.6) is 11.5 Å². The lowest BCUT2D eigenvalue weighted by molar-refractivity contribution is -0.123. The zero-order valence-corrected chi connectivity index (χ0v) is 17.9. The highest BCUT2D eigenvalue weighted by Crippen LogP contribution is 2.33. The van der Waals surface area contributed by atoms with Crippen LogP contribution in [0.3, 0.4) is 0 Å².